The third-order valence-corrected chi connectivity index (χ3v) is 1.35. The monoisotopic (exact) mass is 157 g/mol. The summed E-state index contributed by atoms with van der Waals surface area (Å²) in [6.45, 7) is 1.18. The molecule has 1 rings (SSSR count). The molecule has 0 aliphatic carbocycles. The second-order valence-electron chi connectivity index (χ2n) is 2.03. The summed E-state index contributed by atoms with van der Waals surface area (Å²) in [5.74, 6) is -0.851. The van der Waals surface area contributed by atoms with Gasteiger partial charge in [-0.1, -0.05) is 5.16 Å². The van der Waals surface area contributed by atoms with Crippen LogP contribution in [-0.4, -0.2) is 21.3 Å². The van der Waals surface area contributed by atoms with E-state index in [-0.39, 0.29) is 17.9 Å². The van der Waals surface area contributed by atoms with Crippen molar-refractivity contribution < 1.29 is 19.5 Å². The average molecular weight is 157 g/mol. The van der Waals surface area contributed by atoms with Gasteiger partial charge in [-0.2, -0.15) is 0 Å². The Morgan fingerprint density at radius 2 is 2.36 bits per heavy atom. The van der Waals surface area contributed by atoms with Crippen LogP contribution < -0.4 is 0 Å². The van der Waals surface area contributed by atoms with E-state index in [2.05, 4.69) is 9.68 Å². The summed E-state index contributed by atoms with van der Waals surface area (Å²) in [6.07, 6.45) is 0. The third-order valence-electron chi connectivity index (χ3n) is 1.35. The lowest BCUT2D eigenvalue weighted by Gasteiger charge is -1.90. The molecular formula is C6H7NO4. The number of aliphatic hydroxyl groups is 1. The first kappa shape index (κ1) is 7.74. The summed E-state index contributed by atoms with van der Waals surface area (Å²) in [5, 5.41) is 20.4. The minimum atomic E-state index is -1.19. The van der Waals surface area contributed by atoms with E-state index in [1.807, 2.05) is 0 Å². The minimum absolute atomic E-state index is 0.218. The number of hydrogen-bond donors (Lipinski definition) is 2. The smallest absolute Gasteiger partial charge is 0.358 e. The zero-order valence-electron chi connectivity index (χ0n) is 5.87. The molecule has 5 heteroatoms. The molecule has 0 aromatic carbocycles. The Balaban J connectivity index is 3.15. The van der Waals surface area contributed by atoms with Crippen LogP contribution in [0, 0.1) is 6.92 Å². The van der Waals surface area contributed by atoms with E-state index in [4.69, 9.17) is 10.2 Å². The molecule has 5 nitrogen and oxygen atoms in total. The van der Waals surface area contributed by atoms with E-state index < -0.39 is 5.97 Å². The molecule has 0 spiro atoms. The number of carboxylic acids is 1. The largest absolute Gasteiger partial charge is 0.476 e. The predicted octanol–water partition coefficient (Wildman–Crippen LogP) is 0.174. The third kappa shape index (κ3) is 1.22. The van der Waals surface area contributed by atoms with Gasteiger partial charge in [-0.3, -0.25) is 0 Å². The Kier molecular flexibility index (Phi) is 1.91. The fourth-order valence-electron chi connectivity index (χ4n) is 0.745. The molecule has 0 radical (unpaired) electrons. The Bertz CT molecular complexity index is 278. The minimum Gasteiger partial charge on any atom is -0.476 e. The van der Waals surface area contributed by atoms with E-state index in [9.17, 15) is 4.79 Å². The average Bonchev–Trinajstić information content (AvgIpc) is 2.30. The number of aryl methyl sites for hydroxylation is 1. The van der Waals surface area contributed by atoms with Crippen LogP contribution in [0.15, 0.2) is 4.52 Å². The van der Waals surface area contributed by atoms with Gasteiger partial charge < -0.3 is 14.7 Å². The second-order valence-corrected chi connectivity index (χ2v) is 2.03. The zero-order chi connectivity index (χ0) is 8.43. The standard InChI is InChI=1S/C6H7NO4/c1-3-4(2-8)5(6(9)10)7-11-3/h8H,2H2,1H3,(H,9,10). The quantitative estimate of drug-likeness (QED) is 0.639. The maximum atomic E-state index is 10.4. The Labute approximate surface area is 62.2 Å². The van der Waals surface area contributed by atoms with Crippen molar-refractivity contribution in [2.24, 2.45) is 0 Å². The van der Waals surface area contributed by atoms with Crippen LogP contribution in [0.25, 0.3) is 0 Å². The molecular weight excluding hydrogens is 150 g/mol. The van der Waals surface area contributed by atoms with E-state index in [0.29, 0.717) is 5.76 Å². The van der Waals surface area contributed by atoms with Crippen molar-refractivity contribution in [2.75, 3.05) is 0 Å². The topological polar surface area (TPSA) is 83.6 Å². The lowest BCUT2D eigenvalue weighted by atomic mass is 10.2. The van der Waals surface area contributed by atoms with E-state index in [1.54, 1.807) is 6.92 Å². The van der Waals surface area contributed by atoms with Crippen LogP contribution in [0.3, 0.4) is 0 Å². The lowest BCUT2D eigenvalue weighted by Crippen LogP contribution is -2.01. The summed E-state index contributed by atoms with van der Waals surface area (Å²) in [5.41, 5.74) is 0.0162. The van der Waals surface area contributed by atoms with Gasteiger partial charge in [-0.15, -0.1) is 0 Å². The highest BCUT2D eigenvalue weighted by molar-refractivity contribution is 5.87. The predicted molar refractivity (Wildman–Crippen MR) is 34.1 cm³/mol. The molecule has 1 aromatic heterocycles. The first-order chi connectivity index (χ1) is 5.16. The second kappa shape index (κ2) is 2.71. The number of hydrogen-bond acceptors (Lipinski definition) is 4. The molecule has 0 saturated heterocycles. The molecule has 0 atom stereocenters. The first-order valence-electron chi connectivity index (χ1n) is 2.96. The van der Waals surface area contributed by atoms with Crippen molar-refractivity contribution in [1.29, 1.82) is 0 Å². The number of nitrogens with zero attached hydrogens (tertiary/aromatic N) is 1. The SMILES string of the molecule is Cc1onc(C(=O)O)c1CO. The Morgan fingerprint density at radius 3 is 2.73 bits per heavy atom. The number of carboxylic acid groups (broad SMARTS) is 1. The highest BCUT2D eigenvalue weighted by atomic mass is 16.5. The van der Waals surface area contributed by atoms with Gasteiger partial charge in [0.2, 0.25) is 0 Å². The summed E-state index contributed by atoms with van der Waals surface area (Å²) in [7, 11) is 0. The van der Waals surface area contributed by atoms with Crippen molar-refractivity contribution in [3.8, 4) is 0 Å². The van der Waals surface area contributed by atoms with Gasteiger partial charge in [0.15, 0.2) is 5.69 Å². The molecule has 0 bridgehead atoms. The molecule has 1 heterocycles. The van der Waals surface area contributed by atoms with Gasteiger partial charge in [-0.25, -0.2) is 4.79 Å². The van der Waals surface area contributed by atoms with Crippen molar-refractivity contribution >= 4 is 5.97 Å². The van der Waals surface area contributed by atoms with Crippen LogP contribution in [-0.2, 0) is 6.61 Å². The van der Waals surface area contributed by atoms with Gasteiger partial charge in [0, 0.05) is 0 Å². The van der Waals surface area contributed by atoms with Crippen LogP contribution in [0.5, 0.6) is 0 Å². The van der Waals surface area contributed by atoms with Gasteiger partial charge in [0.25, 0.3) is 0 Å². The zero-order valence-corrected chi connectivity index (χ0v) is 5.87. The molecule has 0 amide bonds. The fourth-order valence-corrected chi connectivity index (χ4v) is 0.745. The Morgan fingerprint density at radius 1 is 1.73 bits per heavy atom. The molecule has 0 aliphatic heterocycles. The fraction of sp³-hybridized carbons (Fsp3) is 0.333. The van der Waals surface area contributed by atoms with Crippen LogP contribution in [0.4, 0.5) is 0 Å². The summed E-state index contributed by atoms with van der Waals surface area (Å²) in [4.78, 5) is 10.4. The molecule has 0 aliphatic rings. The maximum Gasteiger partial charge on any atom is 0.358 e. The molecule has 0 saturated carbocycles. The number of rotatable bonds is 2. The van der Waals surface area contributed by atoms with E-state index >= 15 is 0 Å². The summed E-state index contributed by atoms with van der Waals surface area (Å²) < 4.78 is 4.56. The number of aromatic nitrogens is 1. The highest BCUT2D eigenvalue weighted by Gasteiger charge is 2.17. The molecule has 0 unspecified atom stereocenters. The summed E-state index contributed by atoms with van der Waals surface area (Å²) >= 11 is 0. The first-order valence-corrected chi connectivity index (χ1v) is 2.96. The normalized spacial score (nSPS) is 10.0. The van der Waals surface area contributed by atoms with Crippen molar-refractivity contribution in [3.05, 3.63) is 17.0 Å². The van der Waals surface area contributed by atoms with Crippen LogP contribution >= 0.6 is 0 Å². The number of carbonyl (C=O) groups is 1. The van der Waals surface area contributed by atoms with Gasteiger partial charge in [0.05, 0.1) is 12.2 Å². The maximum absolute atomic E-state index is 10.4. The van der Waals surface area contributed by atoms with E-state index in [0.717, 1.165) is 0 Å². The molecule has 60 valence electrons. The molecule has 0 fully saturated rings. The van der Waals surface area contributed by atoms with Gasteiger partial charge in [-0.05, 0) is 6.92 Å². The van der Waals surface area contributed by atoms with E-state index in [1.165, 1.54) is 0 Å². The van der Waals surface area contributed by atoms with Crippen molar-refractivity contribution in [2.45, 2.75) is 13.5 Å². The summed E-state index contributed by atoms with van der Waals surface area (Å²) in [6, 6.07) is 0. The highest BCUT2D eigenvalue weighted by Crippen LogP contribution is 2.12. The van der Waals surface area contributed by atoms with Crippen LogP contribution in [0.1, 0.15) is 21.8 Å². The molecule has 2 N–H and O–H groups in total. The van der Waals surface area contributed by atoms with Crippen molar-refractivity contribution in [1.82, 2.24) is 5.16 Å². The number of aliphatic hydroxyl groups excluding tert-OH is 1. The number of aromatic carboxylic acids is 1. The molecule has 11 heavy (non-hydrogen) atoms. The Hall–Kier alpha value is -1.36. The molecule has 1 aromatic rings. The van der Waals surface area contributed by atoms with Gasteiger partial charge in [0.1, 0.15) is 5.76 Å². The lowest BCUT2D eigenvalue weighted by molar-refractivity contribution is 0.0682. The van der Waals surface area contributed by atoms with Gasteiger partial charge >= 0.3 is 5.97 Å². The van der Waals surface area contributed by atoms with Crippen molar-refractivity contribution in [3.63, 3.8) is 0 Å². The van der Waals surface area contributed by atoms with Crippen LogP contribution in [0.2, 0.25) is 0 Å².